The molecule has 1 fully saturated rings. The van der Waals surface area contributed by atoms with Gasteiger partial charge in [0.05, 0.1) is 5.56 Å². The lowest BCUT2D eigenvalue weighted by molar-refractivity contribution is -0.137. The molecule has 0 aliphatic carbocycles. The van der Waals surface area contributed by atoms with Crippen LogP contribution in [0.5, 0.6) is 0 Å². The molecule has 0 radical (unpaired) electrons. The summed E-state index contributed by atoms with van der Waals surface area (Å²) in [5.74, 6) is -0.194. The highest BCUT2D eigenvalue weighted by molar-refractivity contribution is 5.90. The smallest absolute Gasteiger partial charge is 0.369 e. The number of amides is 1. The van der Waals surface area contributed by atoms with Gasteiger partial charge in [-0.05, 0) is 48.9 Å². The van der Waals surface area contributed by atoms with E-state index >= 15 is 0 Å². The van der Waals surface area contributed by atoms with Crippen molar-refractivity contribution in [3.05, 3.63) is 59.7 Å². The predicted molar refractivity (Wildman–Crippen MR) is 105 cm³/mol. The van der Waals surface area contributed by atoms with E-state index in [1.54, 1.807) is 0 Å². The van der Waals surface area contributed by atoms with Crippen LogP contribution in [-0.4, -0.2) is 43.5 Å². The average Bonchev–Trinajstić information content (AvgIpc) is 2.66. The van der Waals surface area contributed by atoms with Crippen LogP contribution in [-0.2, 0) is 11.0 Å². The number of aryl methyl sites for hydroxylation is 1. The largest absolute Gasteiger partial charge is 0.416 e. The van der Waals surface area contributed by atoms with E-state index in [0.29, 0.717) is 18.7 Å². The van der Waals surface area contributed by atoms with Gasteiger partial charge in [0.25, 0.3) is 0 Å². The number of halogens is 3. The van der Waals surface area contributed by atoms with Crippen molar-refractivity contribution < 1.29 is 18.0 Å². The first-order valence-corrected chi connectivity index (χ1v) is 9.32. The summed E-state index contributed by atoms with van der Waals surface area (Å²) in [6.45, 7) is 6.28. The number of piperazine rings is 1. The number of carbonyl (C=O) groups is 1. The van der Waals surface area contributed by atoms with Crippen LogP contribution in [0.3, 0.4) is 0 Å². The number of nitrogens with zero attached hydrogens (tertiary/aromatic N) is 2. The molecule has 1 N–H and O–H groups in total. The number of nitrogens with one attached hydrogen (secondary N) is 1. The Kier molecular flexibility index (Phi) is 6.24. The molecule has 0 spiro atoms. The van der Waals surface area contributed by atoms with Crippen molar-refractivity contribution in [3.63, 3.8) is 0 Å². The summed E-state index contributed by atoms with van der Waals surface area (Å²) in [5.41, 5.74) is 2.11. The lowest BCUT2D eigenvalue weighted by Crippen LogP contribution is -2.47. The molecule has 1 aliphatic heterocycles. The Hall–Kier alpha value is -2.54. The maximum Gasteiger partial charge on any atom is 0.416 e. The van der Waals surface area contributed by atoms with Gasteiger partial charge in [-0.1, -0.05) is 12.1 Å². The topological polar surface area (TPSA) is 35.6 Å². The molecule has 28 heavy (non-hydrogen) atoms. The fraction of sp³-hybridized carbons (Fsp3) is 0.381. The SMILES string of the molecule is Cc1cccc(N2CCN(CCC(=O)Nc3ccc(C(F)(F)F)cc3)CC2)c1. The van der Waals surface area contributed by atoms with E-state index in [2.05, 4.69) is 46.3 Å². The lowest BCUT2D eigenvalue weighted by atomic mass is 10.2. The number of carbonyl (C=O) groups excluding carboxylic acids is 1. The molecular formula is C21H24F3N3O. The van der Waals surface area contributed by atoms with Gasteiger partial charge in [0.15, 0.2) is 0 Å². The molecule has 1 heterocycles. The Labute approximate surface area is 162 Å². The summed E-state index contributed by atoms with van der Waals surface area (Å²) in [6.07, 6.45) is -4.06. The van der Waals surface area contributed by atoms with E-state index in [4.69, 9.17) is 0 Å². The molecule has 1 aliphatic rings. The van der Waals surface area contributed by atoms with Gasteiger partial charge in [-0.3, -0.25) is 9.69 Å². The quantitative estimate of drug-likeness (QED) is 0.831. The van der Waals surface area contributed by atoms with Crippen molar-refractivity contribution in [2.45, 2.75) is 19.5 Å². The molecule has 4 nitrogen and oxygen atoms in total. The van der Waals surface area contributed by atoms with Crippen molar-refractivity contribution in [1.82, 2.24) is 4.90 Å². The maximum absolute atomic E-state index is 12.6. The molecule has 0 aromatic heterocycles. The fourth-order valence-corrected chi connectivity index (χ4v) is 3.28. The number of anilines is 2. The van der Waals surface area contributed by atoms with Gasteiger partial charge in [-0.25, -0.2) is 0 Å². The highest BCUT2D eigenvalue weighted by Gasteiger charge is 2.30. The van der Waals surface area contributed by atoms with Crippen molar-refractivity contribution in [2.24, 2.45) is 0 Å². The molecule has 3 rings (SSSR count). The number of hydrogen-bond donors (Lipinski definition) is 1. The van der Waals surface area contributed by atoms with Gasteiger partial charge in [0, 0.05) is 50.5 Å². The van der Waals surface area contributed by atoms with Crippen molar-refractivity contribution in [3.8, 4) is 0 Å². The number of alkyl halides is 3. The first kappa shape index (κ1) is 20.2. The highest BCUT2D eigenvalue weighted by Crippen LogP contribution is 2.29. The van der Waals surface area contributed by atoms with Gasteiger partial charge in [-0.15, -0.1) is 0 Å². The minimum atomic E-state index is -4.37. The summed E-state index contributed by atoms with van der Waals surface area (Å²) in [5, 5.41) is 2.66. The second-order valence-electron chi connectivity index (χ2n) is 7.04. The van der Waals surface area contributed by atoms with Crippen LogP contribution in [0.2, 0.25) is 0 Å². The predicted octanol–water partition coefficient (Wildman–Crippen LogP) is 4.16. The van der Waals surface area contributed by atoms with E-state index in [1.807, 2.05) is 0 Å². The Morgan fingerprint density at radius 2 is 1.71 bits per heavy atom. The van der Waals surface area contributed by atoms with Gasteiger partial charge in [-0.2, -0.15) is 13.2 Å². The van der Waals surface area contributed by atoms with E-state index in [9.17, 15) is 18.0 Å². The van der Waals surface area contributed by atoms with Crippen molar-refractivity contribution in [2.75, 3.05) is 42.9 Å². The number of rotatable bonds is 5. The van der Waals surface area contributed by atoms with Crippen LogP contribution < -0.4 is 10.2 Å². The van der Waals surface area contributed by atoms with Crippen LogP contribution >= 0.6 is 0 Å². The Morgan fingerprint density at radius 3 is 2.32 bits per heavy atom. The lowest BCUT2D eigenvalue weighted by Gasteiger charge is -2.36. The van der Waals surface area contributed by atoms with E-state index in [1.165, 1.54) is 23.4 Å². The third kappa shape index (κ3) is 5.48. The first-order valence-electron chi connectivity index (χ1n) is 9.32. The number of benzene rings is 2. The molecule has 0 unspecified atom stereocenters. The second-order valence-corrected chi connectivity index (χ2v) is 7.04. The Bertz CT molecular complexity index is 797. The molecule has 150 valence electrons. The van der Waals surface area contributed by atoms with Gasteiger partial charge >= 0.3 is 6.18 Å². The summed E-state index contributed by atoms with van der Waals surface area (Å²) in [6, 6.07) is 12.9. The summed E-state index contributed by atoms with van der Waals surface area (Å²) >= 11 is 0. The monoisotopic (exact) mass is 391 g/mol. The van der Waals surface area contributed by atoms with Gasteiger partial charge in [0.2, 0.25) is 5.91 Å². The summed E-state index contributed by atoms with van der Waals surface area (Å²) in [7, 11) is 0. The fourth-order valence-electron chi connectivity index (χ4n) is 3.28. The Morgan fingerprint density at radius 1 is 1.04 bits per heavy atom. The van der Waals surface area contributed by atoms with E-state index in [-0.39, 0.29) is 5.91 Å². The van der Waals surface area contributed by atoms with E-state index < -0.39 is 11.7 Å². The molecule has 2 aromatic rings. The highest BCUT2D eigenvalue weighted by atomic mass is 19.4. The van der Waals surface area contributed by atoms with Gasteiger partial charge in [0.1, 0.15) is 0 Å². The van der Waals surface area contributed by atoms with Gasteiger partial charge < -0.3 is 10.2 Å². The third-order valence-electron chi connectivity index (χ3n) is 4.89. The van der Waals surface area contributed by atoms with Crippen molar-refractivity contribution in [1.29, 1.82) is 0 Å². The summed E-state index contributed by atoms with van der Waals surface area (Å²) < 4.78 is 37.7. The van der Waals surface area contributed by atoms with E-state index in [0.717, 1.165) is 38.3 Å². The maximum atomic E-state index is 12.6. The molecule has 0 bridgehead atoms. The van der Waals surface area contributed by atoms with Crippen LogP contribution in [0.25, 0.3) is 0 Å². The second kappa shape index (κ2) is 8.65. The zero-order valence-electron chi connectivity index (χ0n) is 15.8. The normalized spacial score (nSPS) is 15.5. The Balaban J connectivity index is 1.42. The number of hydrogen-bond acceptors (Lipinski definition) is 3. The van der Waals surface area contributed by atoms with Crippen LogP contribution in [0.1, 0.15) is 17.5 Å². The standard InChI is InChI=1S/C21H24F3N3O/c1-16-3-2-4-19(15-16)27-13-11-26(12-14-27)10-9-20(28)25-18-7-5-17(6-8-18)21(22,23)24/h2-8,15H,9-14H2,1H3,(H,25,28). The van der Waals surface area contributed by atoms with Crippen LogP contribution in [0.4, 0.5) is 24.5 Å². The molecule has 2 aromatic carbocycles. The molecule has 0 saturated carbocycles. The minimum absolute atomic E-state index is 0.194. The minimum Gasteiger partial charge on any atom is -0.369 e. The zero-order chi connectivity index (χ0) is 20.1. The van der Waals surface area contributed by atoms with Crippen LogP contribution in [0, 0.1) is 6.92 Å². The first-order chi connectivity index (χ1) is 13.3. The third-order valence-corrected chi connectivity index (χ3v) is 4.89. The molecular weight excluding hydrogens is 367 g/mol. The molecule has 1 saturated heterocycles. The molecule has 1 amide bonds. The molecule has 7 heteroatoms. The summed E-state index contributed by atoms with van der Waals surface area (Å²) in [4.78, 5) is 16.7. The zero-order valence-corrected chi connectivity index (χ0v) is 15.8. The van der Waals surface area contributed by atoms with Crippen LogP contribution in [0.15, 0.2) is 48.5 Å². The molecule has 0 atom stereocenters. The van der Waals surface area contributed by atoms with Crippen molar-refractivity contribution >= 4 is 17.3 Å². The average molecular weight is 391 g/mol.